The number of piperazine rings is 1. The van der Waals surface area contributed by atoms with Gasteiger partial charge in [-0.3, -0.25) is 9.59 Å². The number of benzene rings is 1. The highest BCUT2D eigenvalue weighted by Crippen LogP contribution is 2.08. The molecule has 0 atom stereocenters. The van der Waals surface area contributed by atoms with Gasteiger partial charge in [-0.15, -0.1) is 0 Å². The lowest BCUT2D eigenvalue weighted by Gasteiger charge is -2.31. The number of amides is 2. The third-order valence-corrected chi connectivity index (χ3v) is 3.64. The van der Waals surface area contributed by atoms with E-state index in [-0.39, 0.29) is 17.6 Å². The fraction of sp³-hybridized carbons (Fsp3) is 0.467. The van der Waals surface area contributed by atoms with Crippen molar-refractivity contribution < 1.29 is 18.9 Å². The predicted octanol–water partition coefficient (Wildman–Crippen LogP) is -0.0987. The van der Waals surface area contributed by atoms with Crippen LogP contribution in [0.4, 0.5) is 10.1 Å². The number of nitrogens with one attached hydrogen (secondary N) is 2. The van der Waals surface area contributed by atoms with Crippen LogP contribution in [0.5, 0.6) is 0 Å². The maximum absolute atomic E-state index is 13.0. The minimum absolute atomic E-state index is 0.133. The summed E-state index contributed by atoms with van der Waals surface area (Å²) in [5.41, 5.74) is 0.471. The van der Waals surface area contributed by atoms with Gasteiger partial charge in [-0.05, 0) is 18.2 Å². The largest absolute Gasteiger partial charge is 0.331 e. The number of anilines is 1. The van der Waals surface area contributed by atoms with Gasteiger partial charge in [0.15, 0.2) is 6.54 Å². The molecule has 2 N–H and O–H groups in total. The molecule has 1 aliphatic rings. The first-order valence-corrected chi connectivity index (χ1v) is 7.25. The van der Waals surface area contributed by atoms with Crippen molar-refractivity contribution in [3.63, 3.8) is 0 Å². The SMILES string of the molecule is CCC(=O)N1CC[NH+](CC(=O)Nc2cccc(F)c2)CC1. The molecule has 1 aliphatic heterocycles. The first-order valence-electron chi connectivity index (χ1n) is 7.25. The molecule has 2 amide bonds. The van der Waals surface area contributed by atoms with Gasteiger partial charge in [-0.25, -0.2) is 4.39 Å². The molecule has 0 spiro atoms. The van der Waals surface area contributed by atoms with Gasteiger partial charge in [0.25, 0.3) is 5.91 Å². The topological polar surface area (TPSA) is 53.9 Å². The van der Waals surface area contributed by atoms with E-state index in [2.05, 4.69) is 5.32 Å². The number of hydrogen-bond acceptors (Lipinski definition) is 2. The third-order valence-electron chi connectivity index (χ3n) is 3.64. The Morgan fingerprint density at radius 3 is 2.67 bits per heavy atom. The Bertz CT molecular complexity index is 513. The fourth-order valence-corrected chi connectivity index (χ4v) is 2.47. The zero-order valence-electron chi connectivity index (χ0n) is 12.2. The minimum Gasteiger partial charge on any atom is -0.331 e. The Hall–Kier alpha value is -1.95. The lowest BCUT2D eigenvalue weighted by atomic mass is 10.2. The highest BCUT2D eigenvalue weighted by atomic mass is 19.1. The number of hydrogen-bond donors (Lipinski definition) is 2. The molecule has 1 aromatic carbocycles. The molecule has 114 valence electrons. The summed E-state index contributed by atoms with van der Waals surface area (Å²) < 4.78 is 13.0. The number of carbonyl (C=O) groups excluding carboxylic acids is 2. The van der Waals surface area contributed by atoms with E-state index in [1.165, 1.54) is 12.1 Å². The molecule has 5 nitrogen and oxygen atoms in total. The molecule has 0 saturated carbocycles. The van der Waals surface area contributed by atoms with Crippen molar-refractivity contribution in [3.05, 3.63) is 30.1 Å². The molecule has 0 radical (unpaired) electrons. The monoisotopic (exact) mass is 294 g/mol. The van der Waals surface area contributed by atoms with Crippen LogP contribution in [-0.2, 0) is 9.59 Å². The number of carbonyl (C=O) groups is 2. The number of rotatable bonds is 4. The molecular formula is C15H21FN3O2+. The molecule has 1 aromatic rings. The van der Waals surface area contributed by atoms with Gasteiger partial charge < -0.3 is 15.1 Å². The van der Waals surface area contributed by atoms with Gasteiger partial charge >= 0.3 is 0 Å². The van der Waals surface area contributed by atoms with Crippen molar-refractivity contribution in [2.24, 2.45) is 0 Å². The first-order chi connectivity index (χ1) is 10.1. The molecule has 0 aromatic heterocycles. The van der Waals surface area contributed by atoms with E-state index >= 15 is 0 Å². The van der Waals surface area contributed by atoms with Crippen LogP contribution in [0.3, 0.4) is 0 Å². The van der Waals surface area contributed by atoms with Crippen molar-refractivity contribution in [2.45, 2.75) is 13.3 Å². The molecular weight excluding hydrogens is 273 g/mol. The van der Waals surface area contributed by atoms with Gasteiger partial charge in [0.1, 0.15) is 5.82 Å². The molecule has 6 heteroatoms. The third kappa shape index (κ3) is 4.53. The lowest BCUT2D eigenvalue weighted by molar-refractivity contribution is -0.895. The Morgan fingerprint density at radius 2 is 2.05 bits per heavy atom. The van der Waals surface area contributed by atoms with E-state index in [0.717, 1.165) is 18.0 Å². The quantitative estimate of drug-likeness (QED) is 0.815. The second-order valence-electron chi connectivity index (χ2n) is 5.22. The van der Waals surface area contributed by atoms with Crippen LogP contribution in [0.2, 0.25) is 0 Å². The molecule has 1 saturated heterocycles. The van der Waals surface area contributed by atoms with Crippen molar-refractivity contribution >= 4 is 17.5 Å². The summed E-state index contributed by atoms with van der Waals surface area (Å²) >= 11 is 0. The standard InChI is InChI=1S/C15H20FN3O2/c1-2-15(21)19-8-6-18(7-9-19)11-14(20)17-13-5-3-4-12(16)10-13/h3-5,10H,2,6-9,11H2,1H3,(H,17,20)/p+1. The van der Waals surface area contributed by atoms with Crippen molar-refractivity contribution in [2.75, 3.05) is 38.0 Å². The van der Waals surface area contributed by atoms with Gasteiger partial charge in [-0.2, -0.15) is 0 Å². The maximum atomic E-state index is 13.0. The normalized spacial score (nSPS) is 15.8. The Morgan fingerprint density at radius 1 is 1.33 bits per heavy atom. The molecule has 0 aliphatic carbocycles. The molecule has 0 bridgehead atoms. The number of quaternary nitrogens is 1. The highest BCUT2D eigenvalue weighted by molar-refractivity contribution is 5.91. The second kappa shape index (κ2) is 7.17. The minimum atomic E-state index is -0.369. The van der Waals surface area contributed by atoms with E-state index in [9.17, 15) is 14.0 Å². The van der Waals surface area contributed by atoms with Crippen LogP contribution in [0, 0.1) is 5.82 Å². The van der Waals surface area contributed by atoms with E-state index in [1.54, 1.807) is 12.1 Å². The summed E-state index contributed by atoms with van der Waals surface area (Å²) in [6, 6.07) is 5.86. The average molecular weight is 294 g/mol. The summed E-state index contributed by atoms with van der Waals surface area (Å²) in [5, 5.41) is 2.69. The van der Waals surface area contributed by atoms with E-state index < -0.39 is 0 Å². The number of nitrogens with zero attached hydrogens (tertiary/aromatic N) is 1. The summed E-state index contributed by atoms with van der Waals surface area (Å²) in [5.74, 6) is -0.337. The zero-order valence-corrected chi connectivity index (χ0v) is 12.2. The first kappa shape index (κ1) is 15.4. The van der Waals surface area contributed by atoms with Crippen LogP contribution < -0.4 is 10.2 Å². The molecule has 1 fully saturated rings. The Kier molecular flexibility index (Phi) is 5.27. The Balaban J connectivity index is 1.78. The second-order valence-corrected chi connectivity index (χ2v) is 5.22. The number of halogens is 1. The summed E-state index contributed by atoms with van der Waals surface area (Å²) in [6.07, 6.45) is 0.523. The smallest absolute Gasteiger partial charge is 0.279 e. The van der Waals surface area contributed by atoms with E-state index in [1.807, 2.05) is 11.8 Å². The van der Waals surface area contributed by atoms with Crippen LogP contribution in [-0.4, -0.2) is 49.4 Å². The van der Waals surface area contributed by atoms with Crippen molar-refractivity contribution in [1.29, 1.82) is 0 Å². The summed E-state index contributed by atoms with van der Waals surface area (Å²) in [7, 11) is 0. The van der Waals surface area contributed by atoms with Crippen LogP contribution in [0.1, 0.15) is 13.3 Å². The molecule has 0 unspecified atom stereocenters. The van der Waals surface area contributed by atoms with Crippen molar-refractivity contribution in [3.8, 4) is 0 Å². The Labute approximate surface area is 123 Å². The average Bonchev–Trinajstić information content (AvgIpc) is 2.47. The lowest BCUT2D eigenvalue weighted by Crippen LogP contribution is -3.15. The zero-order chi connectivity index (χ0) is 15.2. The maximum Gasteiger partial charge on any atom is 0.279 e. The fourth-order valence-electron chi connectivity index (χ4n) is 2.47. The summed E-state index contributed by atoms with van der Waals surface area (Å²) in [4.78, 5) is 26.5. The van der Waals surface area contributed by atoms with Gasteiger partial charge in [0, 0.05) is 12.1 Å². The predicted molar refractivity (Wildman–Crippen MR) is 77.5 cm³/mol. The van der Waals surface area contributed by atoms with Crippen LogP contribution >= 0.6 is 0 Å². The van der Waals surface area contributed by atoms with E-state index in [4.69, 9.17) is 0 Å². The van der Waals surface area contributed by atoms with Gasteiger partial charge in [-0.1, -0.05) is 13.0 Å². The van der Waals surface area contributed by atoms with Crippen LogP contribution in [0.25, 0.3) is 0 Å². The van der Waals surface area contributed by atoms with Crippen molar-refractivity contribution in [1.82, 2.24) is 4.90 Å². The van der Waals surface area contributed by atoms with Gasteiger partial charge in [0.05, 0.1) is 26.2 Å². The highest BCUT2D eigenvalue weighted by Gasteiger charge is 2.24. The molecule has 2 rings (SSSR count). The van der Waals surface area contributed by atoms with Crippen LogP contribution in [0.15, 0.2) is 24.3 Å². The molecule has 21 heavy (non-hydrogen) atoms. The molecule has 1 heterocycles. The van der Waals surface area contributed by atoms with Gasteiger partial charge in [0.2, 0.25) is 5.91 Å². The van der Waals surface area contributed by atoms with E-state index in [0.29, 0.717) is 31.7 Å². The summed E-state index contributed by atoms with van der Waals surface area (Å²) in [6.45, 7) is 5.10.